The molecule has 0 spiro atoms. The molecule has 0 bridgehead atoms. The number of fused-ring (bicyclic) bond motifs is 6. The lowest BCUT2D eigenvalue weighted by atomic mass is 10.0. The van der Waals surface area contributed by atoms with E-state index in [4.69, 9.17) is 14.1 Å². The molecule has 7 rings (SSSR count). The zero-order valence-electron chi connectivity index (χ0n) is 22.8. The fraction of sp³-hybridized carbons (Fsp3) is 0.133. The number of sulfonamides is 1. The minimum absolute atomic E-state index is 0.191. The summed E-state index contributed by atoms with van der Waals surface area (Å²) in [5.41, 5.74) is 3.61. The third kappa shape index (κ3) is 3.86. The van der Waals surface area contributed by atoms with Crippen LogP contribution in [0, 0.1) is 5.82 Å². The molecule has 1 N–H and O–H groups in total. The molecule has 5 heterocycles. The van der Waals surface area contributed by atoms with Gasteiger partial charge in [0.05, 0.1) is 28.8 Å². The van der Waals surface area contributed by atoms with Gasteiger partial charge in [0.25, 0.3) is 5.91 Å². The van der Waals surface area contributed by atoms with Crippen molar-refractivity contribution in [1.82, 2.24) is 19.4 Å². The van der Waals surface area contributed by atoms with Gasteiger partial charge in [0.2, 0.25) is 15.9 Å². The van der Waals surface area contributed by atoms with Crippen LogP contribution in [0.1, 0.15) is 10.4 Å². The Hall–Kier alpha value is -5.10. The van der Waals surface area contributed by atoms with Gasteiger partial charge in [0.15, 0.2) is 6.73 Å². The lowest BCUT2D eigenvalue weighted by molar-refractivity contribution is 0.0964. The third-order valence-corrected chi connectivity index (χ3v) is 8.73. The molecule has 0 radical (unpaired) electrons. The summed E-state index contributed by atoms with van der Waals surface area (Å²) in [4.78, 5) is 18.0. The van der Waals surface area contributed by atoms with E-state index in [1.807, 2.05) is 10.6 Å². The molecule has 212 valence electrons. The fourth-order valence-electron chi connectivity index (χ4n) is 5.37. The first-order valence-electron chi connectivity index (χ1n) is 13.0. The van der Waals surface area contributed by atoms with Gasteiger partial charge < -0.3 is 19.0 Å². The summed E-state index contributed by atoms with van der Waals surface area (Å²) >= 11 is 0. The van der Waals surface area contributed by atoms with E-state index in [9.17, 15) is 17.6 Å². The van der Waals surface area contributed by atoms with Crippen molar-refractivity contribution in [2.24, 2.45) is 0 Å². The molecule has 12 heteroatoms. The van der Waals surface area contributed by atoms with Gasteiger partial charge in [0, 0.05) is 48.9 Å². The summed E-state index contributed by atoms with van der Waals surface area (Å²) in [6.07, 6.45) is 4.61. The Morgan fingerprint density at radius 1 is 1.07 bits per heavy atom. The predicted molar refractivity (Wildman–Crippen MR) is 157 cm³/mol. The van der Waals surface area contributed by atoms with E-state index in [-0.39, 0.29) is 29.9 Å². The molecule has 1 aliphatic rings. The third-order valence-electron chi connectivity index (χ3n) is 7.54. The number of anilines is 1. The van der Waals surface area contributed by atoms with Crippen molar-refractivity contribution in [1.29, 1.82) is 0 Å². The topological polar surface area (TPSA) is 112 Å². The second-order valence-electron chi connectivity index (χ2n) is 9.99. The minimum Gasteiger partial charge on any atom is -0.470 e. The van der Waals surface area contributed by atoms with Gasteiger partial charge in [-0.3, -0.25) is 13.7 Å². The normalized spacial score (nSPS) is 12.7. The zero-order chi connectivity index (χ0) is 29.3. The van der Waals surface area contributed by atoms with Crippen LogP contribution in [0.5, 0.6) is 5.75 Å². The van der Waals surface area contributed by atoms with Gasteiger partial charge in [0.1, 0.15) is 28.4 Å². The molecule has 1 amide bonds. The van der Waals surface area contributed by atoms with E-state index in [1.54, 1.807) is 65.5 Å². The number of hydrogen-bond donors (Lipinski definition) is 1. The summed E-state index contributed by atoms with van der Waals surface area (Å²) in [6, 6.07) is 17.0. The van der Waals surface area contributed by atoms with Crippen LogP contribution in [-0.4, -0.2) is 48.8 Å². The highest BCUT2D eigenvalue weighted by atomic mass is 32.2. The number of carbonyl (C=O) groups excluding carboxylic acids is 1. The van der Waals surface area contributed by atoms with E-state index in [0.717, 1.165) is 10.6 Å². The highest BCUT2D eigenvalue weighted by molar-refractivity contribution is 7.92. The zero-order valence-corrected chi connectivity index (χ0v) is 23.6. The number of furan rings is 1. The van der Waals surface area contributed by atoms with Gasteiger partial charge in [-0.1, -0.05) is 6.07 Å². The molecule has 0 fully saturated rings. The number of ether oxygens (including phenoxy) is 1. The molecule has 4 aromatic heterocycles. The molecule has 0 saturated carbocycles. The predicted octanol–water partition coefficient (Wildman–Crippen LogP) is 5.15. The summed E-state index contributed by atoms with van der Waals surface area (Å²) in [5.74, 6) is 0.0800. The van der Waals surface area contributed by atoms with Crippen LogP contribution >= 0.6 is 0 Å². The molecular weight excluding hydrogens is 561 g/mol. The summed E-state index contributed by atoms with van der Waals surface area (Å²) in [7, 11) is -0.732. The number of nitrogens with one attached hydrogen (secondary N) is 1. The molecule has 0 saturated heterocycles. The lowest BCUT2D eigenvalue weighted by Crippen LogP contribution is -2.25. The molecule has 42 heavy (non-hydrogen) atoms. The summed E-state index contributed by atoms with van der Waals surface area (Å²) < 4.78 is 56.9. The number of hydrogen-bond acceptors (Lipinski definition) is 6. The van der Waals surface area contributed by atoms with E-state index >= 15 is 0 Å². The van der Waals surface area contributed by atoms with Crippen LogP contribution in [-0.2, 0) is 16.8 Å². The van der Waals surface area contributed by atoms with E-state index in [0.29, 0.717) is 56.0 Å². The van der Waals surface area contributed by atoms with E-state index in [1.165, 1.54) is 20.2 Å². The van der Waals surface area contributed by atoms with Crippen molar-refractivity contribution in [2.45, 2.75) is 6.73 Å². The average molecular weight is 586 g/mol. The first kappa shape index (κ1) is 25.8. The number of halogens is 1. The molecule has 6 aromatic rings. The highest BCUT2D eigenvalue weighted by Gasteiger charge is 2.28. The minimum atomic E-state index is -3.70. The average Bonchev–Trinajstić information content (AvgIpc) is 3.72. The molecule has 1 aliphatic heterocycles. The second-order valence-corrected chi connectivity index (χ2v) is 12.0. The van der Waals surface area contributed by atoms with Crippen molar-refractivity contribution >= 4 is 43.5 Å². The fourth-order valence-corrected chi connectivity index (χ4v) is 5.88. The Labute approximate surface area is 239 Å². The Kier molecular flexibility index (Phi) is 5.67. The Bertz CT molecular complexity index is 2170. The first-order valence-corrected chi connectivity index (χ1v) is 14.8. The van der Waals surface area contributed by atoms with Crippen LogP contribution in [0.2, 0.25) is 0 Å². The van der Waals surface area contributed by atoms with Crippen molar-refractivity contribution in [2.75, 3.05) is 24.7 Å². The van der Waals surface area contributed by atoms with Crippen molar-refractivity contribution in [3.05, 3.63) is 84.4 Å². The Balaban J connectivity index is 1.50. The van der Waals surface area contributed by atoms with Crippen LogP contribution in [0.3, 0.4) is 0 Å². The SMILES string of the molecule is CNC(=O)c1c(-n2cccc2)oc2cc(N(C)S(C)(=O)=O)c(-c3ccc4c(n3)-c3cc5c(F)cccc5n3CO4)cc12. The maximum atomic E-state index is 14.7. The van der Waals surface area contributed by atoms with Gasteiger partial charge in [-0.15, -0.1) is 0 Å². The molecule has 0 aliphatic carbocycles. The summed E-state index contributed by atoms with van der Waals surface area (Å²) in [6.45, 7) is 0.191. The highest BCUT2D eigenvalue weighted by Crippen LogP contribution is 2.43. The van der Waals surface area contributed by atoms with E-state index < -0.39 is 10.0 Å². The van der Waals surface area contributed by atoms with Crippen LogP contribution in [0.4, 0.5) is 10.1 Å². The number of pyridine rings is 1. The van der Waals surface area contributed by atoms with Gasteiger partial charge in [-0.25, -0.2) is 17.8 Å². The maximum Gasteiger partial charge on any atom is 0.257 e. The van der Waals surface area contributed by atoms with Crippen molar-refractivity contribution in [3.8, 4) is 34.3 Å². The number of benzene rings is 2. The molecule has 10 nitrogen and oxygen atoms in total. The lowest BCUT2D eigenvalue weighted by Gasteiger charge is -2.23. The maximum absolute atomic E-state index is 14.7. The number of aromatic nitrogens is 3. The number of nitrogens with zero attached hydrogens (tertiary/aromatic N) is 4. The number of carbonyl (C=O) groups is 1. The van der Waals surface area contributed by atoms with Crippen molar-refractivity contribution in [3.63, 3.8) is 0 Å². The largest absolute Gasteiger partial charge is 0.470 e. The smallest absolute Gasteiger partial charge is 0.257 e. The second kappa shape index (κ2) is 9.21. The van der Waals surface area contributed by atoms with Crippen LogP contribution < -0.4 is 14.4 Å². The van der Waals surface area contributed by atoms with Crippen LogP contribution in [0.25, 0.3) is 50.4 Å². The molecule has 0 atom stereocenters. The Morgan fingerprint density at radius 3 is 2.60 bits per heavy atom. The Morgan fingerprint density at radius 2 is 1.86 bits per heavy atom. The van der Waals surface area contributed by atoms with Crippen LogP contribution in [0.15, 0.2) is 77.5 Å². The number of rotatable bonds is 5. The molecule has 0 unspecified atom stereocenters. The molecule has 2 aromatic carbocycles. The van der Waals surface area contributed by atoms with Gasteiger partial charge in [-0.2, -0.15) is 0 Å². The summed E-state index contributed by atoms with van der Waals surface area (Å²) in [5, 5.41) is 3.59. The molecular formula is C30H24FN5O5S. The van der Waals surface area contributed by atoms with Gasteiger partial charge in [-0.05, 0) is 48.5 Å². The standard InChI is InChI=1S/C30H24FN5O5S/c1-32-29(37)27-19-13-18(23(34(2)42(3,38)39)15-26(19)41-30(27)35-11-4-5-12-35)21-9-10-25-28(33-21)24-14-17-20(31)7-6-8-22(17)36(24)16-40-25/h4-15H,16H2,1-3H3,(H,32,37). The quantitative estimate of drug-likeness (QED) is 0.300. The first-order chi connectivity index (χ1) is 20.2. The van der Waals surface area contributed by atoms with Crippen molar-refractivity contribution < 1.29 is 26.8 Å². The number of amides is 1. The monoisotopic (exact) mass is 585 g/mol. The van der Waals surface area contributed by atoms with Gasteiger partial charge >= 0.3 is 0 Å². The van der Waals surface area contributed by atoms with E-state index in [2.05, 4.69) is 5.32 Å².